The van der Waals surface area contributed by atoms with Crippen LogP contribution in [0.2, 0.25) is 0 Å². The lowest BCUT2D eigenvalue weighted by Crippen LogP contribution is -2.39. The molecule has 0 bridgehead atoms. The van der Waals surface area contributed by atoms with Gasteiger partial charge >= 0.3 is 0 Å². The molecular formula is C14H23N3O. The zero-order chi connectivity index (χ0) is 12.8. The summed E-state index contributed by atoms with van der Waals surface area (Å²) in [6, 6.07) is 4.76. The SMILES string of the molecule is COCCN(CC1CCCN1)c1cc(C)ccn1. The number of rotatable bonds is 6. The molecule has 1 fully saturated rings. The summed E-state index contributed by atoms with van der Waals surface area (Å²) in [6.07, 6.45) is 4.42. The lowest BCUT2D eigenvalue weighted by molar-refractivity contribution is 0.204. The fourth-order valence-electron chi connectivity index (χ4n) is 2.37. The molecule has 18 heavy (non-hydrogen) atoms. The van der Waals surface area contributed by atoms with Crippen molar-refractivity contribution in [3.8, 4) is 0 Å². The summed E-state index contributed by atoms with van der Waals surface area (Å²) < 4.78 is 5.20. The molecule has 4 nitrogen and oxygen atoms in total. The minimum Gasteiger partial charge on any atom is -0.383 e. The molecule has 0 aliphatic carbocycles. The molecule has 1 aromatic rings. The van der Waals surface area contributed by atoms with Crippen molar-refractivity contribution in [2.45, 2.75) is 25.8 Å². The molecule has 100 valence electrons. The maximum absolute atomic E-state index is 5.20. The van der Waals surface area contributed by atoms with Crippen LogP contribution < -0.4 is 10.2 Å². The molecule has 0 amide bonds. The third kappa shape index (κ3) is 3.68. The van der Waals surface area contributed by atoms with Crippen LogP contribution in [0.5, 0.6) is 0 Å². The summed E-state index contributed by atoms with van der Waals surface area (Å²) in [5, 5.41) is 3.54. The smallest absolute Gasteiger partial charge is 0.128 e. The Labute approximate surface area is 109 Å². The first-order valence-electron chi connectivity index (χ1n) is 6.69. The highest BCUT2D eigenvalue weighted by Gasteiger charge is 2.18. The zero-order valence-electron chi connectivity index (χ0n) is 11.4. The van der Waals surface area contributed by atoms with Crippen LogP contribution >= 0.6 is 0 Å². The number of aryl methyl sites for hydroxylation is 1. The van der Waals surface area contributed by atoms with E-state index in [0.717, 1.165) is 32.1 Å². The summed E-state index contributed by atoms with van der Waals surface area (Å²) in [4.78, 5) is 6.80. The van der Waals surface area contributed by atoms with E-state index in [1.54, 1.807) is 7.11 Å². The van der Waals surface area contributed by atoms with Gasteiger partial charge in [0, 0.05) is 32.4 Å². The van der Waals surface area contributed by atoms with Gasteiger partial charge in [-0.2, -0.15) is 0 Å². The number of aromatic nitrogens is 1. The molecule has 1 atom stereocenters. The summed E-state index contributed by atoms with van der Waals surface area (Å²) in [6.45, 7) is 5.89. The fourth-order valence-corrected chi connectivity index (χ4v) is 2.37. The number of nitrogens with one attached hydrogen (secondary N) is 1. The van der Waals surface area contributed by atoms with Crippen molar-refractivity contribution < 1.29 is 4.74 Å². The fraction of sp³-hybridized carbons (Fsp3) is 0.643. The maximum atomic E-state index is 5.20. The summed E-state index contributed by atoms with van der Waals surface area (Å²) >= 11 is 0. The largest absolute Gasteiger partial charge is 0.383 e. The summed E-state index contributed by atoms with van der Waals surface area (Å²) in [5.74, 6) is 1.06. The van der Waals surface area contributed by atoms with Crippen LogP contribution in [0.1, 0.15) is 18.4 Å². The molecule has 0 spiro atoms. The van der Waals surface area contributed by atoms with E-state index in [2.05, 4.69) is 28.2 Å². The van der Waals surface area contributed by atoms with Crippen molar-refractivity contribution in [2.75, 3.05) is 38.3 Å². The van der Waals surface area contributed by atoms with Crippen LogP contribution in [0.15, 0.2) is 18.3 Å². The Balaban J connectivity index is 2.03. The quantitative estimate of drug-likeness (QED) is 0.831. The van der Waals surface area contributed by atoms with Crippen LogP contribution in [0, 0.1) is 6.92 Å². The molecule has 1 saturated heterocycles. The second kappa shape index (κ2) is 6.71. The van der Waals surface area contributed by atoms with Gasteiger partial charge < -0.3 is 15.0 Å². The van der Waals surface area contributed by atoms with Gasteiger partial charge in [0.15, 0.2) is 0 Å². The zero-order valence-corrected chi connectivity index (χ0v) is 11.4. The Morgan fingerprint density at radius 3 is 3.11 bits per heavy atom. The van der Waals surface area contributed by atoms with E-state index in [1.807, 2.05) is 12.3 Å². The Kier molecular flexibility index (Phi) is 4.96. The Morgan fingerprint density at radius 1 is 1.56 bits per heavy atom. The number of nitrogens with zero attached hydrogens (tertiary/aromatic N) is 2. The van der Waals surface area contributed by atoms with Crippen LogP contribution in [0.3, 0.4) is 0 Å². The molecule has 1 N–H and O–H groups in total. The van der Waals surface area contributed by atoms with Crippen molar-refractivity contribution >= 4 is 5.82 Å². The van der Waals surface area contributed by atoms with Gasteiger partial charge in [0.25, 0.3) is 0 Å². The topological polar surface area (TPSA) is 37.4 Å². The summed E-state index contributed by atoms with van der Waals surface area (Å²) in [7, 11) is 1.75. The number of hydrogen-bond donors (Lipinski definition) is 1. The predicted molar refractivity (Wildman–Crippen MR) is 74.1 cm³/mol. The van der Waals surface area contributed by atoms with Gasteiger partial charge in [-0.1, -0.05) is 0 Å². The predicted octanol–water partition coefficient (Wildman–Crippen LogP) is 1.59. The normalized spacial score (nSPS) is 19.1. The first kappa shape index (κ1) is 13.3. The molecular weight excluding hydrogens is 226 g/mol. The van der Waals surface area contributed by atoms with E-state index in [9.17, 15) is 0 Å². The van der Waals surface area contributed by atoms with Crippen molar-refractivity contribution in [1.29, 1.82) is 0 Å². The number of hydrogen-bond acceptors (Lipinski definition) is 4. The third-order valence-electron chi connectivity index (χ3n) is 3.39. The van der Waals surface area contributed by atoms with Crippen molar-refractivity contribution in [1.82, 2.24) is 10.3 Å². The molecule has 0 radical (unpaired) electrons. The molecule has 2 heterocycles. The first-order valence-corrected chi connectivity index (χ1v) is 6.69. The minimum atomic E-state index is 0.587. The van der Waals surface area contributed by atoms with Gasteiger partial charge in [-0.25, -0.2) is 4.98 Å². The second-order valence-corrected chi connectivity index (χ2v) is 4.92. The molecule has 1 aliphatic rings. The Morgan fingerprint density at radius 2 is 2.44 bits per heavy atom. The lowest BCUT2D eigenvalue weighted by atomic mass is 10.2. The molecule has 1 aliphatic heterocycles. The van der Waals surface area contributed by atoms with Gasteiger partial charge in [-0.15, -0.1) is 0 Å². The molecule has 2 rings (SSSR count). The molecule has 1 unspecified atom stereocenters. The first-order chi connectivity index (χ1) is 8.79. The summed E-state index contributed by atoms with van der Waals surface area (Å²) in [5.41, 5.74) is 1.25. The average molecular weight is 249 g/mol. The van der Waals surface area contributed by atoms with Crippen LogP contribution in [0.25, 0.3) is 0 Å². The van der Waals surface area contributed by atoms with Gasteiger partial charge in [0.1, 0.15) is 5.82 Å². The second-order valence-electron chi connectivity index (χ2n) is 4.92. The highest BCUT2D eigenvalue weighted by molar-refractivity contribution is 5.40. The monoisotopic (exact) mass is 249 g/mol. The average Bonchev–Trinajstić information content (AvgIpc) is 2.87. The van der Waals surface area contributed by atoms with E-state index >= 15 is 0 Å². The van der Waals surface area contributed by atoms with Gasteiger partial charge in [-0.05, 0) is 44.0 Å². The molecule has 0 aromatic carbocycles. The lowest BCUT2D eigenvalue weighted by Gasteiger charge is -2.26. The van der Waals surface area contributed by atoms with E-state index < -0.39 is 0 Å². The van der Waals surface area contributed by atoms with Crippen molar-refractivity contribution in [2.24, 2.45) is 0 Å². The molecule has 1 aromatic heterocycles. The van der Waals surface area contributed by atoms with E-state index in [4.69, 9.17) is 4.74 Å². The van der Waals surface area contributed by atoms with Crippen LogP contribution in [-0.2, 0) is 4.74 Å². The van der Waals surface area contributed by atoms with Gasteiger partial charge in [0.2, 0.25) is 0 Å². The Bertz CT molecular complexity index is 364. The van der Waals surface area contributed by atoms with Gasteiger partial charge in [0.05, 0.1) is 6.61 Å². The van der Waals surface area contributed by atoms with E-state index in [-0.39, 0.29) is 0 Å². The van der Waals surface area contributed by atoms with Gasteiger partial charge in [-0.3, -0.25) is 0 Å². The van der Waals surface area contributed by atoms with Crippen LogP contribution in [-0.4, -0.2) is 44.4 Å². The van der Waals surface area contributed by atoms with Crippen molar-refractivity contribution in [3.63, 3.8) is 0 Å². The third-order valence-corrected chi connectivity index (χ3v) is 3.39. The standard InChI is InChI=1S/C14H23N3O/c1-12-5-7-16-14(10-12)17(8-9-18-2)11-13-4-3-6-15-13/h5,7,10,13,15H,3-4,6,8-9,11H2,1-2H3. The number of anilines is 1. The number of pyridine rings is 1. The van der Waals surface area contributed by atoms with Crippen molar-refractivity contribution in [3.05, 3.63) is 23.9 Å². The molecule has 0 saturated carbocycles. The number of methoxy groups -OCH3 is 1. The molecule has 4 heteroatoms. The highest BCUT2D eigenvalue weighted by atomic mass is 16.5. The maximum Gasteiger partial charge on any atom is 0.128 e. The minimum absolute atomic E-state index is 0.587. The van der Waals surface area contributed by atoms with Crippen LogP contribution in [0.4, 0.5) is 5.82 Å². The van der Waals surface area contributed by atoms with E-state index in [1.165, 1.54) is 18.4 Å². The number of ether oxygens (including phenoxy) is 1. The highest BCUT2D eigenvalue weighted by Crippen LogP contribution is 2.15. The van der Waals surface area contributed by atoms with E-state index in [0.29, 0.717) is 6.04 Å². The Hall–Kier alpha value is -1.13.